The Labute approximate surface area is 284 Å². The van der Waals surface area contributed by atoms with Crippen LogP contribution in [0.15, 0.2) is 116 Å². The number of fused-ring (bicyclic) bond motifs is 3. The predicted molar refractivity (Wildman–Crippen MR) is 183 cm³/mol. The van der Waals surface area contributed by atoms with Crippen LogP contribution in [-0.2, 0) is 24.5 Å². The van der Waals surface area contributed by atoms with E-state index in [-0.39, 0.29) is 25.3 Å². The number of aromatic hydroxyl groups is 1. The lowest BCUT2D eigenvalue weighted by molar-refractivity contribution is -0.178. The first-order chi connectivity index (χ1) is 23.9. The summed E-state index contributed by atoms with van der Waals surface area (Å²) in [5, 5.41) is 25.6. The third-order valence-electron chi connectivity index (χ3n) is 9.69. The second-order valence-corrected chi connectivity index (χ2v) is 12.4. The summed E-state index contributed by atoms with van der Waals surface area (Å²) in [6, 6.07) is 28.3. The first-order valence-electron chi connectivity index (χ1n) is 16.2. The number of nitrogens with one attached hydrogen (secondary N) is 2. The summed E-state index contributed by atoms with van der Waals surface area (Å²) in [7, 11) is 0. The molecule has 3 heterocycles. The Morgan fingerprint density at radius 3 is 2.31 bits per heavy atom. The Morgan fingerprint density at radius 2 is 1.63 bits per heavy atom. The molecule has 0 saturated carbocycles. The van der Waals surface area contributed by atoms with Gasteiger partial charge in [-0.1, -0.05) is 90.7 Å². The number of morpholine rings is 1. The first-order valence-corrected chi connectivity index (χ1v) is 16.2. The molecule has 4 aromatic carbocycles. The van der Waals surface area contributed by atoms with E-state index < -0.39 is 53.3 Å². The van der Waals surface area contributed by atoms with Gasteiger partial charge in [-0.3, -0.25) is 19.3 Å². The minimum Gasteiger partial charge on any atom is -0.508 e. The summed E-state index contributed by atoms with van der Waals surface area (Å²) in [4.78, 5) is 46.0. The Bertz CT molecular complexity index is 1970. The highest BCUT2D eigenvalue weighted by Gasteiger charge is 2.74. The highest BCUT2D eigenvalue weighted by atomic mass is 16.6. The number of rotatable bonds is 7. The van der Waals surface area contributed by atoms with E-state index in [1.54, 1.807) is 48.5 Å². The standard InChI is InChI=1S/C40H35N3O6/c1-2-22-41-37(46)32-34-38(47)49-35(27-14-7-4-8-15-27)33(26-12-5-3-6-13-26)43(34)36(28-17-19-29(45)20-18-28)40(32)30-24-25(11-9-10-23-44)16-21-31(30)42-39(40)48/h2-8,12-21,24,32-36,44-45H,1,10,22-23H2,(H,41,46)(H,42,48)/t32-,33-,34-,35+,36+,40-/m0/s1. The van der Waals surface area contributed by atoms with Crippen molar-refractivity contribution in [3.05, 3.63) is 144 Å². The molecule has 2 saturated heterocycles. The molecule has 1 spiro atoms. The number of benzene rings is 4. The lowest BCUT2D eigenvalue weighted by atomic mass is 9.65. The van der Waals surface area contributed by atoms with Crippen LogP contribution in [-0.4, -0.2) is 52.1 Å². The molecule has 0 aromatic heterocycles. The van der Waals surface area contributed by atoms with Gasteiger partial charge in [-0.05, 0) is 52.6 Å². The summed E-state index contributed by atoms with van der Waals surface area (Å²) >= 11 is 0. The van der Waals surface area contributed by atoms with Crippen LogP contribution >= 0.6 is 0 Å². The molecule has 0 aliphatic carbocycles. The van der Waals surface area contributed by atoms with Gasteiger partial charge < -0.3 is 25.6 Å². The number of aliphatic hydroxyl groups is 1. The third-order valence-corrected chi connectivity index (χ3v) is 9.69. The number of carbonyl (C=O) groups excluding carboxylic acids is 3. The van der Waals surface area contributed by atoms with E-state index in [4.69, 9.17) is 4.74 Å². The van der Waals surface area contributed by atoms with Crippen molar-refractivity contribution in [1.82, 2.24) is 10.2 Å². The van der Waals surface area contributed by atoms with Gasteiger partial charge in [0, 0.05) is 24.2 Å². The number of phenols is 1. The van der Waals surface area contributed by atoms with Crippen LogP contribution in [0, 0.1) is 17.8 Å². The van der Waals surface area contributed by atoms with Crippen molar-refractivity contribution in [2.24, 2.45) is 5.92 Å². The van der Waals surface area contributed by atoms with Crippen molar-refractivity contribution in [2.45, 2.75) is 36.1 Å². The van der Waals surface area contributed by atoms with Crippen LogP contribution in [0.3, 0.4) is 0 Å². The normalized spacial score (nSPS) is 25.4. The summed E-state index contributed by atoms with van der Waals surface area (Å²) < 4.78 is 6.36. The third kappa shape index (κ3) is 5.26. The average Bonchev–Trinajstić information content (AvgIpc) is 3.60. The van der Waals surface area contributed by atoms with Crippen molar-refractivity contribution in [2.75, 3.05) is 18.5 Å². The van der Waals surface area contributed by atoms with Gasteiger partial charge in [-0.25, -0.2) is 0 Å². The fourth-order valence-corrected chi connectivity index (χ4v) is 7.83. The maximum Gasteiger partial charge on any atom is 0.324 e. The molecule has 6 atom stereocenters. The second kappa shape index (κ2) is 13.1. The molecular formula is C40H35N3O6. The SMILES string of the molecule is C=CCNC(=O)[C@@H]1[C@H]2C(=O)O[C@H](c3ccccc3)[C@H](c3ccccc3)N2[C@H](c2ccc(O)cc2)[C@@]12C(=O)Nc1ccc(C#CCCO)cc12. The van der Waals surface area contributed by atoms with Gasteiger partial charge in [0.15, 0.2) is 0 Å². The number of nitrogens with zero attached hydrogens (tertiary/aromatic N) is 1. The number of hydrogen-bond donors (Lipinski definition) is 4. The monoisotopic (exact) mass is 653 g/mol. The molecule has 4 aromatic rings. The Morgan fingerprint density at radius 1 is 0.939 bits per heavy atom. The molecule has 4 N–H and O–H groups in total. The van der Waals surface area contributed by atoms with Gasteiger partial charge in [-0.15, -0.1) is 6.58 Å². The number of anilines is 1. The summed E-state index contributed by atoms with van der Waals surface area (Å²) in [5.74, 6) is 3.24. The average molecular weight is 654 g/mol. The molecule has 49 heavy (non-hydrogen) atoms. The smallest absolute Gasteiger partial charge is 0.324 e. The zero-order valence-corrected chi connectivity index (χ0v) is 26.6. The van der Waals surface area contributed by atoms with E-state index in [9.17, 15) is 24.6 Å². The van der Waals surface area contributed by atoms with Crippen LogP contribution in [0.2, 0.25) is 0 Å². The number of amides is 2. The van der Waals surface area contributed by atoms with Crippen molar-refractivity contribution >= 4 is 23.5 Å². The molecule has 3 aliphatic rings. The van der Waals surface area contributed by atoms with E-state index in [1.165, 1.54) is 0 Å². The Hall–Kier alpha value is -5.69. The van der Waals surface area contributed by atoms with Crippen LogP contribution < -0.4 is 10.6 Å². The quantitative estimate of drug-likeness (QED) is 0.129. The highest BCUT2D eigenvalue weighted by molar-refractivity contribution is 6.12. The lowest BCUT2D eigenvalue weighted by Gasteiger charge is -2.46. The van der Waals surface area contributed by atoms with Gasteiger partial charge in [0.1, 0.15) is 23.3 Å². The van der Waals surface area contributed by atoms with E-state index >= 15 is 0 Å². The molecule has 9 nitrogen and oxygen atoms in total. The van der Waals surface area contributed by atoms with Crippen LogP contribution in [0.5, 0.6) is 5.75 Å². The van der Waals surface area contributed by atoms with E-state index in [0.717, 1.165) is 11.1 Å². The molecule has 3 aliphatic heterocycles. The van der Waals surface area contributed by atoms with Crippen molar-refractivity contribution < 1.29 is 29.3 Å². The van der Waals surface area contributed by atoms with E-state index in [1.807, 2.05) is 65.6 Å². The van der Waals surface area contributed by atoms with Gasteiger partial charge >= 0.3 is 5.97 Å². The van der Waals surface area contributed by atoms with Gasteiger partial charge in [0.05, 0.1) is 24.6 Å². The van der Waals surface area contributed by atoms with Gasteiger partial charge in [0.25, 0.3) is 0 Å². The molecule has 2 fully saturated rings. The van der Waals surface area contributed by atoms with E-state index in [0.29, 0.717) is 22.4 Å². The van der Waals surface area contributed by atoms with Crippen molar-refractivity contribution in [3.8, 4) is 17.6 Å². The molecule has 0 bridgehead atoms. The number of cyclic esters (lactones) is 1. The maximum atomic E-state index is 14.9. The highest BCUT2D eigenvalue weighted by Crippen LogP contribution is 2.64. The zero-order valence-electron chi connectivity index (χ0n) is 26.6. The van der Waals surface area contributed by atoms with Crippen molar-refractivity contribution in [1.29, 1.82) is 0 Å². The summed E-state index contributed by atoms with van der Waals surface area (Å²) in [6.07, 6.45) is 1.03. The maximum absolute atomic E-state index is 14.9. The topological polar surface area (TPSA) is 128 Å². The van der Waals surface area contributed by atoms with Crippen LogP contribution in [0.4, 0.5) is 5.69 Å². The molecule has 246 valence electrons. The Kier molecular flexibility index (Phi) is 8.51. The first kappa shape index (κ1) is 31.9. The summed E-state index contributed by atoms with van der Waals surface area (Å²) in [5.41, 5.74) is 2.20. The second-order valence-electron chi connectivity index (χ2n) is 12.4. The minimum absolute atomic E-state index is 0.0326. The fourth-order valence-electron chi connectivity index (χ4n) is 7.83. The number of aliphatic hydroxyl groups excluding tert-OH is 1. The number of hydrogen-bond acceptors (Lipinski definition) is 7. The van der Waals surface area contributed by atoms with Gasteiger partial charge in [0.2, 0.25) is 11.8 Å². The molecule has 0 unspecified atom stereocenters. The molecule has 0 radical (unpaired) electrons. The van der Waals surface area contributed by atoms with Gasteiger partial charge in [-0.2, -0.15) is 0 Å². The molecule has 2 amide bonds. The minimum atomic E-state index is -1.64. The predicted octanol–water partition coefficient (Wildman–Crippen LogP) is 4.70. The zero-order chi connectivity index (χ0) is 34.1. The van der Waals surface area contributed by atoms with Crippen LogP contribution in [0.1, 0.15) is 52.4 Å². The molecule has 7 rings (SSSR count). The Balaban J connectivity index is 1.55. The number of carbonyl (C=O) groups is 3. The molecule has 9 heteroatoms. The van der Waals surface area contributed by atoms with Crippen molar-refractivity contribution in [3.63, 3.8) is 0 Å². The largest absolute Gasteiger partial charge is 0.508 e. The van der Waals surface area contributed by atoms with Crippen LogP contribution in [0.25, 0.3) is 0 Å². The number of esters is 1. The fraction of sp³-hybridized carbons (Fsp3) is 0.225. The van der Waals surface area contributed by atoms with E-state index in [2.05, 4.69) is 29.1 Å². The molecular weight excluding hydrogens is 618 g/mol. The number of ether oxygens (including phenoxy) is 1. The summed E-state index contributed by atoms with van der Waals surface area (Å²) in [6.45, 7) is 3.78. The lowest BCUT2D eigenvalue weighted by Crippen LogP contribution is -2.54. The number of phenolic OH excluding ortho intramolecular Hbond substituents is 1.